The predicted molar refractivity (Wildman–Crippen MR) is 110 cm³/mol. The number of pyridine rings is 2. The minimum absolute atomic E-state index is 0.269. The van der Waals surface area contributed by atoms with Crippen LogP contribution in [0.2, 0.25) is 0 Å². The molecule has 0 fully saturated rings. The van der Waals surface area contributed by atoms with Crippen LogP contribution in [0.5, 0.6) is 11.6 Å². The Hall–Kier alpha value is -4.00. The molecule has 0 saturated heterocycles. The lowest BCUT2D eigenvalue weighted by molar-refractivity contribution is 0.102. The Bertz CT molecular complexity index is 1120. The summed E-state index contributed by atoms with van der Waals surface area (Å²) in [6, 6.07) is 14.6. The van der Waals surface area contributed by atoms with Crippen molar-refractivity contribution in [2.45, 2.75) is 13.8 Å². The first kappa shape index (κ1) is 18.4. The van der Waals surface area contributed by atoms with Crippen LogP contribution < -0.4 is 10.1 Å². The van der Waals surface area contributed by atoms with Crippen molar-refractivity contribution in [2.24, 2.45) is 0 Å². The molecule has 0 bridgehead atoms. The predicted octanol–water partition coefficient (Wildman–Crippen LogP) is 4.32. The van der Waals surface area contributed by atoms with E-state index in [1.807, 2.05) is 31.2 Å². The van der Waals surface area contributed by atoms with E-state index in [1.165, 1.54) is 11.8 Å². The number of nitrogens with one attached hydrogen (secondary N) is 1. The molecule has 0 unspecified atom stereocenters. The fourth-order valence-corrected chi connectivity index (χ4v) is 2.68. The summed E-state index contributed by atoms with van der Waals surface area (Å²) in [6.45, 7) is 4.08. The van der Waals surface area contributed by atoms with E-state index >= 15 is 0 Å². The summed E-state index contributed by atoms with van der Waals surface area (Å²) in [6.07, 6.45) is 6.52. The highest BCUT2D eigenvalue weighted by Crippen LogP contribution is 2.23. The van der Waals surface area contributed by atoms with E-state index in [1.54, 1.807) is 47.5 Å². The number of benzene rings is 1. The maximum absolute atomic E-state index is 12.4. The Kier molecular flexibility index (Phi) is 5.03. The molecule has 3 heterocycles. The second-order valence-corrected chi connectivity index (χ2v) is 6.54. The molecule has 0 atom stereocenters. The lowest BCUT2D eigenvalue weighted by Crippen LogP contribution is -2.12. The molecule has 0 aliphatic carbocycles. The number of carbonyl (C=O) groups excluding carboxylic acids is 1. The van der Waals surface area contributed by atoms with Gasteiger partial charge in [0.05, 0.1) is 17.4 Å². The SMILES string of the molecule is Cc1ccc(Oc2ccc(NC(=O)c3ccc(-n4cccn4)nc3)cn2)cc1C. The van der Waals surface area contributed by atoms with E-state index in [9.17, 15) is 4.79 Å². The van der Waals surface area contributed by atoms with Gasteiger partial charge in [-0.2, -0.15) is 5.10 Å². The van der Waals surface area contributed by atoms with E-state index in [2.05, 4.69) is 27.3 Å². The summed E-state index contributed by atoms with van der Waals surface area (Å²) >= 11 is 0. The molecule has 1 aromatic carbocycles. The molecular formula is C22H19N5O2. The lowest BCUT2D eigenvalue weighted by Gasteiger charge is -2.09. The van der Waals surface area contributed by atoms with Gasteiger partial charge < -0.3 is 10.1 Å². The number of hydrogen-bond acceptors (Lipinski definition) is 5. The van der Waals surface area contributed by atoms with Crippen LogP contribution in [-0.4, -0.2) is 25.7 Å². The fourth-order valence-electron chi connectivity index (χ4n) is 2.68. The minimum Gasteiger partial charge on any atom is -0.439 e. The number of hydrogen-bond donors (Lipinski definition) is 1. The first-order chi connectivity index (χ1) is 14.1. The standard InChI is InChI=1S/C22H19N5O2/c1-15-4-7-19(12-16(15)2)29-21-9-6-18(14-24-21)26-22(28)17-5-8-20(23-13-17)27-11-3-10-25-27/h3-14H,1-2H3,(H,26,28). The van der Waals surface area contributed by atoms with Crippen LogP contribution >= 0.6 is 0 Å². The average Bonchev–Trinajstić information content (AvgIpc) is 3.27. The van der Waals surface area contributed by atoms with Gasteiger partial charge in [-0.25, -0.2) is 14.6 Å². The molecule has 0 saturated carbocycles. The van der Waals surface area contributed by atoms with Crippen molar-refractivity contribution in [1.82, 2.24) is 19.7 Å². The van der Waals surface area contributed by atoms with Crippen LogP contribution in [0.25, 0.3) is 5.82 Å². The van der Waals surface area contributed by atoms with Gasteiger partial charge in [0.1, 0.15) is 5.75 Å². The van der Waals surface area contributed by atoms with Crippen LogP contribution in [0.1, 0.15) is 21.5 Å². The van der Waals surface area contributed by atoms with Crippen molar-refractivity contribution in [2.75, 3.05) is 5.32 Å². The minimum atomic E-state index is -0.269. The van der Waals surface area contributed by atoms with Crippen molar-refractivity contribution in [1.29, 1.82) is 0 Å². The van der Waals surface area contributed by atoms with Crippen LogP contribution in [0.3, 0.4) is 0 Å². The van der Waals surface area contributed by atoms with Gasteiger partial charge in [-0.1, -0.05) is 6.07 Å². The highest BCUT2D eigenvalue weighted by atomic mass is 16.5. The Morgan fingerprint density at radius 1 is 1.00 bits per heavy atom. The van der Waals surface area contributed by atoms with Crippen LogP contribution in [0, 0.1) is 13.8 Å². The molecule has 0 aliphatic heterocycles. The highest BCUT2D eigenvalue weighted by molar-refractivity contribution is 6.04. The Labute approximate surface area is 168 Å². The second kappa shape index (κ2) is 7.93. The van der Waals surface area contributed by atoms with Crippen molar-refractivity contribution < 1.29 is 9.53 Å². The van der Waals surface area contributed by atoms with Crippen LogP contribution in [0.15, 0.2) is 73.3 Å². The molecule has 0 spiro atoms. The summed E-state index contributed by atoms with van der Waals surface area (Å²) < 4.78 is 7.39. The summed E-state index contributed by atoms with van der Waals surface area (Å²) in [7, 11) is 0. The van der Waals surface area contributed by atoms with Gasteiger partial charge >= 0.3 is 0 Å². The molecule has 1 N–H and O–H groups in total. The van der Waals surface area contributed by atoms with Crippen LogP contribution in [0.4, 0.5) is 5.69 Å². The molecule has 0 aliphatic rings. The molecule has 7 nitrogen and oxygen atoms in total. The molecule has 144 valence electrons. The quantitative estimate of drug-likeness (QED) is 0.553. The van der Waals surface area contributed by atoms with E-state index in [0.29, 0.717) is 22.9 Å². The smallest absolute Gasteiger partial charge is 0.257 e. The normalized spacial score (nSPS) is 10.6. The number of rotatable bonds is 5. The zero-order valence-corrected chi connectivity index (χ0v) is 16.0. The van der Waals surface area contributed by atoms with Gasteiger partial charge in [0, 0.05) is 24.7 Å². The molecule has 1 amide bonds. The number of carbonyl (C=O) groups is 1. The van der Waals surface area contributed by atoms with Gasteiger partial charge in [0.25, 0.3) is 5.91 Å². The maximum atomic E-state index is 12.4. The third-order valence-electron chi connectivity index (χ3n) is 4.44. The van der Waals surface area contributed by atoms with E-state index in [0.717, 1.165) is 11.3 Å². The first-order valence-electron chi connectivity index (χ1n) is 9.07. The van der Waals surface area contributed by atoms with E-state index in [-0.39, 0.29) is 5.91 Å². The zero-order valence-electron chi connectivity index (χ0n) is 16.0. The average molecular weight is 385 g/mol. The number of amides is 1. The molecular weight excluding hydrogens is 366 g/mol. The van der Waals surface area contributed by atoms with Crippen molar-refractivity contribution in [3.05, 3.63) is 90.0 Å². The van der Waals surface area contributed by atoms with Gasteiger partial charge in [-0.3, -0.25) is 4.79 Å². The molecule has 4 rings (SSSR count). The summed E-state index contributed by atoms with van der Waals surface area (Å²) in [5.74, 6) is 1.55. The lowest BCUT2D eigenvalue weighted by atomic mass is 10.1. The summed E-state index contributed by atoms with van der Waals surface area (Å²) in [5, 5.41) is 6.91. The number of anilines is 1. The van der Waals surface area contributed by atoms with E-state index in [4.69, 9.17) is 4.74 Å². The summed E-state index contributed by atoms with van der Waals surface area (Å²) in [5.41, 5.74) is 3.36. The largest absolute Gasteiger partial charge is 0.439 e. The number of nitrogens with zero attached hydrogens (tertiary/aromatic N) is 4. The highest BCUT2D eigenvalue weighted by Gasteiger charge is 2.08. The third-order valence-corrected chi connectivity index (χ3v) is 4.44. The van der Waals surface area contributed by atoms with Crippen molar-refractivity contribution in [3.8, 4) is 17.4 Å². The van der Waals surface area contributed by atoms with Crippen molar-refractivity contribution in [3.63, 3.8) is 0 Å². The molecule has 3 aromatic heterocycles. The molecule has 4 aromatic rings. The topological polar surface area (TPSA) is 81.9 Å². The Balaban J connectivity index is 1.40. The molecule has 29 heavy (non-hydrogen) atoms. The van der Waals surface area contributed by atoms with Gasteiger partial charge in [-0.05, 0) is 61.4 Å². The zero-order chi connectivity index (χ0) is 20.2. The number of aryl methyl sites for hydroxylation is 2. The third kappa shape index (κ3) is 4.30. The summed E-state index contributed by atoms with van der Waals surface area (Å²) in [4.78, 5) is 20.9. The number of ether oxygens (including phenoxy) is 1. The first-order valence-corrected chi connectivity index (χ1v) is 9.07. The van der Waals surface area contributed by atoms with Crippen molar-refractivity contribution >= 4 is 11.6 Å². The molecule has 7 heteroatoms. The number of aromatic nitrogens is 4. The second-order valence-electron chi connectivity index (χ2n) is 6.54. The van der Waals surface area contributed by atoms with Crippen LogP contribution in [-0.2, 0) is 0 Å². The monoisotopic (exact) mass is 385 g/mol. The van der Waals surface area contributed by atoms with E-state index < -0.39 is 0 Å². The fraction of sp³-hybridized carbons (Fsp3) is 0.0909. The van der Waals surface area contributed by atoms with Gasteiger partial charge in [0.2, 0.25) is 5.88 Å². The molecule has 0 radical (unpaired) electrons. The Morgan fingerprint density at radius 3 is 2.55 bits per heavy atom. The Morgan fingerprint density at radius 2 is 1.90 bits per heavy atom. The maximum Gasteiger partial charge on any atom is 0.257 e. The van der Waals surface area contributed by atoms with Gasteiger partial charge in [0.15, 0.2) is 5.82 Å². The van der Waals surface area contributed by atoms with Gasteiger partial charge in [-0.15, -0.1) is 0 Å².